The van der Waals surface area contributed by atoms with E-state index in [4.69, 9.17) is 0 Å². The second kappa shape index (κ2) is 5.54. The zero-order chi connectivity index (χ0) is 13.9. The maximum Gasteiger partial charge on any atom is 0.155 e. The van der Waals surface area contributed by atoms with Crippen molar-refractivity contribution in [2.24, 2.45) is 0 Å². The Morgan fingerprint density at radius 2 is 2.15 bits per heavy atom. The van der Waals surface area contributed by atoms with Crippen LogP contribution >= 0.6 is 0 Å². The number of nitrogens with one attached hydrogen (secondary N) is 1. The van der Waals surface area contributed by atoms with E-state index in [1.54, 1.807) is 6.07 Å². The smallest absolute Gasteiger partial charge is 0.155 e. The average molecular weight is 272 g/mol. The van der Waals surface area contributed by atoms with Gasteiger partial charge >= 0.3 is 0 Å². The number of hydrogen-bond donors (Lipinski definition) is 1. The summed E-state index contributed by atoms with van der Waals surface area (Å²) in [5.41, 5.74) is 2.97. The minimum atomic E-state index is -0.215. The molecule has 104 valence electrons. The number of rotatable bonds is 4. The molecular weight excluding hydrogens is 255 g/mol. The molecule has 0 saturated carbocycles. The summed E-state index contributed by atoms with van der Waals surface area (Å²) in [5.74, 6) is 0.557. The van der Waals surface area contributed by atoms with Crippen molar-refractivity contribution in [2.45, 2.75) is 19.9 Å². The number of nitrogens with zero attached hydrogens (tertiary/aromatic N) is 3. The van der Waals surface area contributed by atoms with E-state index in [1.807, 2.05) is 23.1 Å². The molecule has 0 fully saturated rings. The number of fused-ring (bicyclic) bond motifs is 1. The molecule has 20 heavy (non-hydrogen) atoms. The van der Waals surface area contributed by atoms with Gasteiger partial charge in [-0.2, -0.15) is 5.10 Å². The minimum Gasteiger partial charge on any atom is -0.324 e. The highest BCUT2D eigenvalue weighted by molar-refractivity contribution is 5.67. The molecule has 2 heterocycles. The van der Waals surface area contributed by atoms with Crippen molar-refractivity contribution in [3.63, 3.8) is 0 Å². The van der Waals surface area contributed by atoms with Gasteiger partial charge in [-0.3, -0.25) is 0 Å². The lowest BCUT2D eigenvalue weighted by molar-refractivity contribution is 0.628. The van der Waals surface area contributed by atoms with E-state index in [2.05, 4.69) is 22.4 Å². The number of hydrogen-bond acceptors (Lipinski definition) is 4. The van der Waals surface area contributed by atoms with Crippen molar-refractivity contribution in [2.75, 3.05) is 18.0 Å². The third-order valence-electron chi connectivity index (χ3n) is 3.48. The second-order valence-electron chi connectivity index (χ2n) is 4.84. The van der Waals surface area contributed by atoms with E-state index in [9.17, 15) is 4.39 Å². The Hall–Kier alpha value is -2.01. The third kappa shape index (κ3) is 2.49. The highest BCUT2D eigenvalue weighted by Crippen LogP contribution is 2.33. The Morgan fingerprint density at radius 3 is 2.90 bits per heavy atom. The fraction of sp³-hybridized carbons (Fsp3) is 0.333. The highest BCUT2D eigenvalue weighted by Gasteiger charge is 2.22. The summed E-state index contributed by atoms with van der Waals surface area (Å²) in [6.45, 7) is 4.49. The van der Waals surface area contributed by atoms with Gasteiger partial charge in [-0.05, 0) is 42.8 Å². The lowest BCUT2D eigenvalue weighted by Crippen LogP contribution is -2.17. The highest BCUT2D eigenvalue weighted by atomic mass is 19.1. The molecule has 4 nitrogen and oxygen atoms in total. The van der Waals surface area contributed by atoms with Crippen LogP contribution in [0.1, 0.15) is 18.2 Å². The maximum absolute atomic E-state index is 13.4. The topological polar surface area (TPSA) is 41.0 Å². The summed E-state index contributed by atoms with van der Waals surface area (Å²) in [7, 11) is 0. The van der Waals surface area contributed by atoms with E-state index >= 15 is 0 Å². The molecule has 0 atom stereocenters. The second-order valence-corrected chi connectivity index (χ2v) is 4.84. The summed E-state index contributed by atoms with van der Waals surface area (Å²) in [4.78, 5) is 2.02. The van der Waals surface area contributed by atoms with Crippen LogP contribution in [0.4, 0.5) is 15.9 Å². The maximum atomic E-state index is 13.4. The van der Waals surface area contributed by atoms with Gasteiger partial charge in [-0.1, -0.05) is 13.0 Å². The van der Waals surface area contributed by atoms with Gasteiger partial charge in [0.25, 0.3) is 0 Å². The molecule has 0 spiro atoms. The van der Waals surface area contributed by atoms with E-state index in [0.29, 0.717) is 0 Å². The van der Waals surface area contributed by atoms with E-state index in [0.717, 1.165) is 48.8 Å². The molecule has 0 aliphatic carbocycles. The van der Waals surface area contributed by atoms with E-state index < -0.39 is 0 Å². The first-order valence-electron chi connectivity index (χ1n) is 6.87. The summed E-state index contributed by atoms with van der Waals surface area (Å²) in [6.07, 6.45) is 0.913. The van der Waals surface area contributed by atoms with Gasteiger partial charge in [0.1, 0.15) is 5.82 Å². The van der Waals surface area contributed by atoms with Crippen LogP contribution in [-0.2, 0) is 13.0 Å². The van der Waals surface area contributed by atoms with Gasteiger partial charge in [0.15, 0.2) is 5.82 Å². The van der Waals surface area contributed by atoms with Gasteiger partial charge in [0.2, 0.25) is 0 Å². The molecule has 0 saturated heterocycles. The molecule has 3 rings (SSSR count). The number of aromatic nitrogens is 2. The van der Waals surface area contributed by atoms with Crippen molar-refractivity contribution in [3.05, 3.63) is 47.4 Å². The minimum absolute atomic E-state index is 0.215. The lowest BCUT2D eigenvalue weighted by atomic mass is 10.2. The molecule has 1 aliphatic heterocycles. The lowest BCUT2D eigenvalue weighted by Gasteiger charge is -2.17. The number of benzene rings is 1. The summed E-state index contributed by atoms with van der Waals surface area (Å²) in [6, 6.07) is 8.82. The molecular formula is C15H17FN4. The summed E-state index contributed by atoms with van der Waals surface area (Å²) in [5, 5.41) is 11.7. The molecule has 1 aromatic heterocycles. The van der Waals surface area contributed by atoms with Crippen molar-refractivity contribution < 1.29 is 4.39 Å². The van der Waals surface area contributed by atoms with Crippen LogP contribution in [0.25, 0.3) is 0 Å². The Morgan fingerprint density at radius 1 is 1.25 bits per heavy atom. The van der Waals surface area contributed by atoms with Gasteiger partial charge in [-0.25, -0.2) is 4.39 Å². The monoisotopic (exact) mass is 272 g/mol. The number of halogens is 1. The van der Waals surface area contributed by atoms with Crippen molar-refractivity contribution in [3.8, 4) is 0 Å². The average Bonchev–Trinajstić information content (AvgIpc) is 2.88. The van der Waals surface area contributed by atoms with E-state index in [1.165, 1.54) is 6.07 Å². The first kappa shape index (κ1) is 13.0. The summed E-state index contributed by atoms with van der Waals surface area (Å²) < 4.78 is 13.4. The normalized spacial score (nSPS) is 13.6. The van der Waals surface area contributed by atoms with Gasteiger partial charge in [0, 0.05) is 18.8 Å². The Bertz CT molecular complexity index is 597. The molecule has 1 aliphatic rings. The molecule has 0 bridgehead atoms. The predicted octanol–water partition coefficient (Wildman–Crippen LogP) is 2.42. The van der Waals surface area contributed by atoms with Crippen LogP contribution < -0.4 is 10.2 Å². The van der Waals surface area contributed by atoms with Crippen LogP contribution in [0.3, 0.4) is 0 Å². The van der Waals surface area contributed by atoms with Gasteiger partial charge in [0.05, 0.1) is 5.69 Å². The Labute approximate surface area is 117 Å². The molecule has 5 heteroatoms. The van der Waals surface area contributed by atoms with Gasteiger partial charge in [-0.15, -0.1) is 5.10 Å². The molecule has 1 N–H and O–H groups in total. The van der Waals surface area contributed by atoms with Crippen LogP contribution in [0.15, 0.2) is 30.3 Å². The van der Waals surface area contributed by atoms with Crippen molar-refractivity contribution >= 4 is 11.5 Å². The van der Waals surface area contributed by atoms with Gasteiger partial charge < -0.3 is 10.2 Å². The zero-order valence-corrected chi connectivity index (χ0v) is 11.4. The molecule has 0 amide bonds. The molecule has 0 unspecified atom stereocenters. The zero-order valence-electron chi connectivity index (χ0n) is 11.4. The standard InChI is InChI=1S/C15H17FN4/c1-2-17-10-13-5-6-15(19-18-13)20-8-7-11-3-4-12(16)9-14(11)20/h3-6,9,17H,2,7-8,10H2,1H3. The molecule has 2 aromatic rings. The van der Waals surface area contributed by atoms with Crippen LogP contribution in [-0.4, -0.2) is 23.3 Å². The first-order chi connectivity index (χ1) is 9.78. The Balaban J connectivity index is 1.83. The Kier molecular flexibility index (Phi) is 3.60. The first-order valence-corrected chi connectivity index (χ1v) is 6.87. The van der Waals surface area contributed by atoms with Crippen LogP contribution in [0, 0.1) is 5.82 Å². The molecule has 1 aromatic carbocycles. The fourth-order valence-electron chi connectivity index (χ4n) is 2.43. The van der Waals surface area contributed by atoms with E-state index in [-0.39, 0.29) is 5.82 Å². The largest absolute Gasteiger partial charge is 0.324 e. The third-order valence-corrected chi connectivity index (χ3v) is 3.48. The van der Waals surface area contributed by atoms with Crippen molar-refractivity contribution in [1.82, 2.24) is 15.5 Å². The fourth-order valence-corrected chi connectivity index (χ4v) is 2.43. The SMILES string of the molecule is CCNCc1ccc(N2CCc3ccc(F)cc32)nn1. The predicted molar refractivity (Wildman–Crippen MR) is 76.5 cm³/mol. The van der Waals surface area contributed by atoms with Crippen molar-refractivity contribution in [1.29, 1.82) is 0 Å². The van der Waals surface area contributed by atoms with Crippen LogP contribution in [0.5, 0.6) is 0 Å². The summed E-state index contributed by atoms with van der Waals surface area (Å²) >= 11 is 0. The molecule has 0 radical (unpaired) electrons. The van der Waals surface area contributed by atoms with Crippen LogP contribution in [0.2, 0.25) is 0 Å². The number of anilines is 2. The quantitative estimate of drug-likeness (QED) is 0.928.